The summed E-state index contributed by atoms with van der Waals surface area (Å²) < 4.78 is 0. The van der Waals surface area contributed by atoms with Gasteiger partial charge in [0.15, 0.2) is 0 Å². The molecule has 1 aromatic carbocycles. The Morgan fingerprint density at radius 2 is 1.80 bits per heavy atom. The van der Waals surface area contributed by atoms with E-state index in [9.17, 15) is 5.11 Å². The summed E-state index contributed by atoms with van der Waals surface area (Å²) in [7, 11) is 1.86. The molecule has 2 atom stereocenters. The van der Waals surface area contributed by atoms with Crippen molar-refractivity contribution in [1.82, 2.24) is 5.32 Å². The van der Waals surface area contributed by atoms with Crippen LogP contribution in [0.4, 0.5) is 0 Å². The van der Waals surface area contributed by atoms with Gasteiger partial charge in [-0.2, -0.15) is 0 Å². The molecule has 0 radical (unpaired) electrons. The molecule has 0 heterocycles. The van der Waals surface area contributed by atoms with Crippen LogP contribution in [0.15, 0.2) is 18.2 Å². The third kappa shape index (κ3) is 3.49. The number of aliphatic hydroxyl groups excluding tert-OH is 1. The summed E-state index contributed by atoms with van der Waals surface area (Å²) in [6.07, 6.45) is -0.431. The summed E-state index contributed by atoms with van der Waals surface area (Å²) >= 11 is 0. The quantitative estimate of drug-likeness (QED) is 0.834. The van der Waals surface area contributed by atoms with Crippen LogP contribution in [-0.2, 0) is 0 Å². The molecule has 15 heavy (non-hydrogen) atoms. The van der Waals surface area contributed by atoms with Crippen LogP contribution in [0.1, 0.15) is 29.7 Å². The molecule has 0 fully saturated rings. The number of hydrogen-bond donors (Lipinski definition) is 2. The van der Waals surface area contributed by atoms with Gasteiger partial charge in [-0.05, 0) is 44.5 Å². The Morgan fingerprint density at radius 1 is 1.20 bits per heavy atom. The zero-order chi connectivity index (χ0) is 10.7. The smallest absolute Gasteiger partial charge is 0.0940 e. The summed E-state index contributed by atoms with van der Waals surface area (Å²) in [5.41, 5.74) is 3.47. The monoisotopic (exact) mass is 229 g/mol. The number of rotatable bonds is 3. The van der Waals surface area contributed by atoms with Gasteiger partial charge in [0.1, 0.15) is 0 Å². The van der Waals surface area contributed by atoms with Crippen molar-refractivity contribution in [2.24, 2.45) is 0 Å². The first-order valence-corrected chi connectivity index (χ1v) is 4.98. The Balaban J connectivity index is 0.00000196. The fraction of sp³-hybridized carbons (Fsp3) is 0.500. The Morgan fingerprint density at radius 3 is 2.27 bits per heavy atom. The van der Waals surface area contributed by atoms with Crippen molar-refractivity contribution < 1.29 is 5.11 Å². The van der Waals surface area contributed by atoms with Crippen molar-refractivity contribution in [3.05, 3.63) is 34.9 Å². The molecular weight excluding hydrogens is 210 g/mol. The minimum absolute atomic E-state index is 0. The molecule has 0 amide bonds. The maximum atomic E-state index is 9.94. The zero-order valence-corrected chi connectivity index (χ0v) is 10.6. The van der Waals surface area contributed by atoms with E-state index in [2.05, 4.69) is 25.2 Å². The number of likely N-dealkylation sites (N-methyl/N-ethyl adjacent to an activating group) is 1. The standard InChI is InChI=1S/C12H19NO.ClH/c1-8-5-6-11(7-9(8)2)12(14)10(3)13-4;/h5-7,10,12-14H,1-4H3;1H/t10-,12+;/m0./s1. The van der Waals surface area contributed by atoms with Gasteiger partial charge in [0.2, 0.25) is 0 Å². The van der Waals surface area contributed by atoms with Crippen molar-refractivity contribution in [3.8, 4) is 0 Å². The normalized spacial score (nSPS) is 14.2. The molecule has 86 valence electrons. The first kappa shape index (κ1) is 14.4. The van der Waals surface area contributed by atoms with Crippen molar-refractivity contribution in [3.63, 3.8) is 0 Å². The van der Waals surface area contributed by atoms with Gasteiger partial charge in [0, 0.05) is 6.04 Å². The highest BCUT2D eigenvalue weighted by molar-refractivity contribution is 5.85. The van der Waals surface area contributed by atoms with Crippen LogP contribution in [0, 0.1) is 13.8 Å². The second-order valence-corrected chi connectivity index (χ2v) is 3.87. The van der Waals surface area contributed by atoms with Gasteiger partial charge < -0.3 is 10.4 Å². The molecule has 0 bridgehead atoms. The fourth-order valence-electron chi connectivity index (χ4n) is 1.40. The molecule has 0 aliphatic heterocycles. The summed E-state index contributed by atoms with van der Waals surface area (Å²) in [5.74, 6) is 0. The molecule has 1 aromatic rings. The van der Waals surface area contributed by atoms with E-state index in [0.717, 1.165) is 5.56 Å². The molecule has 0 unspecified atom stereocenters. The number of aryl methyl sites for hydroxylation is 2. The van der Waals surface area contributed by atoms with E-state index in [0.29, 0.717) is 0 Å². The second kappa shape index (κ2) is 6.11. The van der Waals surface area contributed by atoms with Crippen molar-refractivity contribution >= 4 is 12.4 Å². The number of nitrogens with one attached hydrogen (secondary N) is 1. The van der Waals surface area contributed by atoms with Gasteiger partial charge in [-0.1, -0.05) is 18.2 Å². The lowest BCUT2D eigenvalue weighted by Gasteiger charge is -2.19. The molecular formula is C12H20ClNO. The highest BCUT2D eigenvalue weighted by Gasteiger charge is 2.14. The lowest BCUT2D eigenvalue weighted by molar-refractivity contribution is 0.140. The number of halogens is 1. The van der Waals surface area contributed by atoms with Crippen molar-refractivity contribution in [2.45, 2.75) is 32.9 Å². The minimum atomic E-state index is -0.431. The van der Waals surface area contributed by atoms with E-state index in [4.69, 9.17) is 0 Å². The SMILES string of the molecule is CN[C@@H](C)[C@@H](O)c1ccc(C)c(C)c1.Cl. The van der Waals surface area contributed by atoms with Crippen LogP contribution in [-0.4, -0.2) is 18.2 Å². The van der Waals surface area contributed by atoms with Crippen LogP contribution < -0.4 is 5.32 Å². The molecule has 0 aromatic heterocycles. The van der Waals surface area contributed by atoms with E-state index in [-0.39, 0.29) is 18.4 Å². The Labute approximate surface area is 98.1 Å². The number of hydrogen-bond acceptors (Lipinski definition) is 2. The summed E-state index contributed by atoms with van der Waals surface area (Å²) in [6, 6.07) is 6.17. The second-order valence-electron chi connectivity index (χ2n) is 3.87. The lowest BCUT2D eigenvalue weighted by atomic mass is 9.99. The third-order valence-corrected chi connectivity index (χ3v) is 2.80. The predicted molar refractivity (Wildman–Crippen MR) is 66.6 cm³/mol. The first-order chi connectivity index (χ1) is 6.56. The lowest BCUT2D eigenvalue weighted by Crippen LogP contribution is -2.28. The van der Waals surface area contributed by atoms with E-state index < -0.39 is 6.10 Å². The summed E-state index contributed by atoms with van der Waals surface area (Å²) in [5, 5.41) is 13.0. The Kier molecular flexibility index (Phi) is 5.88. The largest absolute Gasteiger partial charge is 0.387 e. The average Bonchev–Trinajstić information content (AvgIpc) is 2.20. The molecule has 0 aliphatic rings. The van der Waals surface area contributed by atoms with E-state index in [1.54, 1.807) is 0 Å². The van der Waals surface area contributed by atoms with Crippen LogP contribution in [0.2, 0.25) is 0 Å². The number of aliphatic hydroxyl groups is 1. The maximum Gasteiger partial charge on any atom is 0.0940 e. The summed E-state index contributed by atoms with van der Waals surface area (Å²) in [6.45, 7) is 6.11. The van der Waals surface area contributed by atoms with E-state index in [1.165, 1.54) is 11.1 Å². The minimum Gasteiger partial charge on any atom is -0.387 e. The van der Waals surface area contributed by atoms with E-state index in [1.807, 2.05) is 26.1 Å². The van der Waals surface area contributed by atoms with E-state index >= 15 is 0 Å². The predicted octanol–water partition coefficient (Wildman–Crippen LogP) is 2.37. The van der Waals surface area contributed by atoms with Gasteiger partial charge in [0.25, 0.3) is 0 Å². The Hall–Kier alpha value is -0.570. The highest BCUT2D eigenvalue weighted by atomic mass is 35.5. The molecule has 0 saturated heterocycles. The topological polar surface area (TPSA) is 32.3 Å². The van der Waals surface area contributed by atoms with Crippen molar-refractivity contribution in [1.29, 1.82) is 0 Å². The summed E-state index contributed by atoms with van der Waals surface area (Å²) in [4.78, 5) is 0. The van der Waals surface area contributed by atoms with Gasteiger partial charge in [-0.15, -0.1) is 12.4 Å². The highest BCUT2D eigenvalue weighted by Crippen LogP contribution is 2.19. The zero-order valence-electron chi connectivity index (χ0n) is 9.74. The van der Waals surface area contributed by atoms with Gasteiger partial charge in [-0.3, -0.25) is 0 Å². The van der Waals surface area contributed by atoms with Gasteiger partial charge in [-0.25, -0.2) is 0 Å². The van der Waals surface area contributed by atoms with Gasteiger partial charge in [0.05, 0.1) is 6.10 Å². The van der Waals surface area contributed by atoms with Crippen molar-refractivity contribution in [2.75, 3.05) is 7.05 Å². The molecule has 0 saturated carbocycles. The van der Waals surface area contributed by atoms with Gasteiger partial charge >= 0.3 is 0 Å². The van der Waals surface area contributed by atoms with Crippen LogP contribution in [0.25, 0.3) is 0 Å². The fourth-order valence-corrected chi connectivity index (χ4v) is 1.40. The van der Waals surface area contributed by atoms with Crippen LogP contribution >= 0.6 is 12.4 Å². The molecule has 0 aliphatic carbocycles. The third-order valence-electron chi connectivity index (χ3n) is 2.80. The maximum absolute atomic E-state index is 9.94. The van der Waals surface area contributed by atoms with Crippen LogP contribution in [0.5, 0.6) is 0 Å². The molecule has 0 spiro atoms. The molecule has 2 N–H and O–H groups in total. The first-order valence-electron chi connectivity index (χ1n) is 4.98. The average molecular weight is 230 g/mol. The number of benzene rings is 1. The Bertz CT molecular complexity index is 314. The molecule has 1 rings (SSSR count). The van der Waals surface area contributed by atoms with Crippen LogP contribution in [0.3, 0.4) is 0 Å². The molecule has 3 heteroatoms. The molecule has 2 nitrogen and oxygen atoms in total.